The zero-order valence-corrected chi connectivity index (χ0v) is 18.1. The molecule has 3 aromatic rings. The van der Waals surface area contributed by atoms with Gasteiger partial charge in [-0.3, -0.25) is 14.7 Å². The van der Waals surface area contributed by atoms with Crippen molar-refractivity contribution in [1.82, 2.24) is 15.2 Å². The van der Waals surface area contributed by atoms with Crippen molar-refractivity contribution in [3.63, 3.8) is 0 Å². The molecule has 31 heavy (non-hydrogen) atoms. The van der Waals surface area contributed by atoms with Gasteiger partial charge in [0.15, 0.2) is 0 Å². The first kappa shape index (κ1) is 20.0. The number of hydrogen-bond acceptors (Lipinski definition) is 4. The number of likely N-dealkylation sites (tertiary alicyclic amines) is 1. The SMILES string of the molecule is COc1ccccc1C(CNC(=O)c1c2c(nc3ccccc13)CCC2)N1CCCC1. The Morgan fingerprint density at radius 2 is 1.84 bits per heavy atom. The van der Waals surface area contributed by atoms with Crippen molar-refractivity contribution in [2.45, 2.75) is 38.1 Å². The maximum absolute atomic E-state index is 13.5. The van der Waals surface area contributed by atoms with Crippen molar-refractivity contribution >= 4 is 16.8 Å². The second-order valence-corrected chi connectivity index (χ2v) is 8.49. The first-order chi connectivity index (χ1) is 15.3. The summed E-state index contributed by atoms with van der Waals surface area (Å²) in [4.78, 5) is 20.8. The fraction of sp³-hybridized carbons (Fsp3) is 0.385. The van der Waals surface area contributed by atoms with Gasteiger partial charge in [-0.2, -0.15) is 0 Å². The summed E-state index contributed by atoms with van der Waals surface area (Å²) >= 11 is 0. The molecule has 5 heteroatoms. The Hall–Kier alpha value is -2.92. The molecule has 0 bridgehead atoms. The molecule has 5 rings (SSSR count). The van der Waals surface area contributed by atoms with Crippen LogP contribution in [0.25, 0.3) is 10.9 Å². The molecule has 1 saturated heterocycles. The lowest BCUT2D eigenvalue weighted by Gasteiger charge is -2.29. The minimum absolute atomic E-state index is 0.0100. The van der Waals surface area contributed by atoms with E-state index in [4.69, 9.17) is 9.72 Å². The van der Waals surface area contributed by atoms with Crippen LogP contribution in [0.15, 0.2) is 48.5 Å². The normalized spacial score (nSPS) is 16.9. The third-order valence-electron chi connectivity index (χ3n) is 6.68. The number of hydrogen-bond donors (Lipinski definition) is 1. The van der Waals surface area contributed by atoms with E-state index in [0.717, 1.165) is 71.4 Å². The van der Waals surface area contributed by atoms with Gasteiger partial charge in [0.1, 0.15) is 5.75 Å². The van der Waals surface area contributed by atoms with Gasteiger partial charge in [-0.25, -0.2) is 0 Å². The van der Waals surface area contributed by atoms with Crippen LogP contribution in [0.4, 0.5) is 0 Å². The van der Waals surface area contributed by atoms with E-state index in [0.29, 0.717) is 6.54 Å². The summed E-state index contributed by atoms with van der Waals surface area (Å²) in [6.45, 7) is 2.66. The average molecular weight is 416 g/mol. The number of fused-ring (bicyclic) bond motifs is 2. The van der Waals surface area contributed by atoms with Crippen LogP contribution in [-0.4, -0.2) is 42.5 Å². The number of pyridine rings is 1. The summed E-state index contributed by atoms with van der Waals surface area (Å²) in [5.41, 5.74) is 5.08. The standard InChI is InChI=1S/C26H29N3O2/c1-31-24-14-5-3-10-20(24)23(29-15-6-7-16-29)17-27-26(30)25-18-9-2-4-12-21(18)28-22-13-8-11-19(22)25/h2-5,9-10,12,14,23H,6-8,11,13,15-17H2,1H3,(H,27,30). The molecule has 1 aliphatic heterocycles. The Labute approximate surface area is 183 Å². The van der Waals surface area contributed by atoms with Gasteiger partial charge >= 0.3 is 0 Å². The van der Waals surface area contributed by atoms with Gasteiger partial charge in [-0.1, -0.05) is 36.4 Å². The average Bonchev–Trinajstić information content (AvgIpc) is 3.50. The van der Waals surface area contributed by atoms with Crippen LogP contribution in [0.1, 0.15) is 52.5 Å². The Balaban J connectivity index is 1.46. The molecule has 0 spiro atoms. The number of methoxy groups -OCH3 is 1. The van der Waals surface area contributed by atoms with Crippen LogP contribution < -0.4 is 10.1 Å². The molecule has 2 aromatic carbocycles. The Kier molecular flexibility index (Phi) is 5.60. The Morgan fingerprint density at radius 1 is 1.06 bits per heavy atom. The number of rotatable bonds is 6. The van der Waals surface area contributed by atoms with Gasteiger partial charge in [-0.15, -0.1) is 0 Å². The molecular formula is C26H29N3O2. The van der Waals surface area contributed by atoms with E-state index in [1.165, 1.54) is 12.8 Å². The van der Waals surface area contributed by atoms with Crippen molar-refractivity contribution < 1.29 is 9.53 Å². The molecule has 5 nitrogen and oxygen atoms in total. The minimum atomic E-state index is 0.0100. The van der Waals surface area contributed by atoms with Gasteiger partial charge in [0.05, 0.1) is 24.2 Å². The molecule has 0 saturated carbocycles. The highest BCUT2D eigenvalue weighted by Gasteiger charge is 2.28. The summed E-state index contributed by atoms with van der Waals surface area (Å²) in [5.74, 6) is 0.889. The van der Waals surface area contributed by atoms with Crippen molar-refractivity contribution in [3.8, 4) is 5.75 Å². The summed E-state index contributed by atoms with van der Waals surface area (Å²) < 4.78 is 5.65. The van der Waals surface area contributed by atoms with E-state index in [9.17, 15) is 4.79 Å². The number of ether oxygens (including phenoxy) is 1. The topological polar surface area (TPSA) is 54.5 Å². The van der Waals surface area contributed by atoms with Gasteiger partial charge in [0.25, 0.3) is 5.91 Å². The van der Waals surface area contributed by atoms with E-state index < -0.39 is 0 Å². The molecule has 1 fully saturated rings. The number of carbonyl (C=O) groups excluding carboxylic acids is 1. The van der Waals surface area contributed by atoms with E-state index in [2.05, 4.69) is 16.3 Å². The van der Waals surface area contributed by atoms with Gasteiger partial charge < -0.3 is 10.1 Å². The third kappa shape index (κ3) is 3.79. The highest BCUT2D eigenvalue weighted by atomic mass is 16.5. The number of para-hydroxylation sites is 2. The Bertz CT molecular complexity index is 1110. The lowest BCUT2D eigenvalue weighted by molar-refractivity contribution is 0.0938. The smallest absolute Gasteiger partial charge is 0.252 e. The zero-order valence-electron chi connectivity index (χ0n) is 18.1. The molecule has 1 N–H and O–H groups in total. The van der Waals surface area contributed by atoms with Crippen LogP contribution in [0, 0.1) is 0 Å². The first-order valence-electron chi connectivity index (χ1n) is 11.3. The lowest BCUT2D eigenvalue weighted by atomic mass is 10.00. The van der Waals surface area contributed by atoms with Crippen molar-refractivity contribution in [2.75, 3.05) is 26.7 Å². The van der Waals surface area contributed by atoms with Crippen LogP contribution in [0.3, 0.4) is 0 Å². The number of carbonyl (C=O) groups is 1. The predicted octanol–water partition coefficient (Wildman–Crippen LogP) is 4.30. The molecule has 1 amide bonds. The number of nitrogens with zero attached hydrogens (tertiary/aromatic N) is 2. The highest BCUT2D eigenvalue weighted by molar-refractivity contribution is 6.07. The predicted molar refractivity (Wildman–Crippen MR) is 123 cm³/mol. The van der Waals surface area contributed by atoms with E-state index >= 15 is 0 Å². The fourth-order valence-corrected chi connectivity index (χ4v) is 5.18. The molecule has 1 aromatic heterocycles. The maximum Gasteiger partial charge on any atom is 0.252 e. The molecule has 1 unspecified atom stereocenters. The molecular weight excluding hydrogens is 386 g/mol. The molecule has 0 radical (unpaired) electrons. The van der Waals surface area contributed by atoms with Gasteiger partial charge in [0, 0.05) is 23.2 Å². The quantitative estimate of drug-likeness (QED) is 0.652. The molecule has 2 heterocycles. The van der Waals surface area contributed by atoms with Crippen molar-refractivity contribution in [2.24, 2.45) is 0 Å². The summed E-state index contributed by atoms with van der Waals surface area (Å²) in [6, 6.07) is 16.3. The number of aryl methyl sites for hydroxylation is 1. The number of amides is 1. The largest absolute Gasteiger partial charge is 0.496 e. The van der Waals surface area contributed by atoms with Crippen molar-refractivity contribution in [1.29, 1.82) is 0 Å². The van der Waals surface area contributed by atoms with Crippen LogP contribution in [-0.2, 0) is 12.8 Å². The van der Waals surface area contributed by atoms with E-state index in [-0.39, 0.29) is 11.9 Å². The van der Waals surface area contributed by atoms with E-state index in [1.807, 2.05) is 42.5 Å². The maximum atomic E-state index is 13.5. The number of benzene rings is 2. The summed E-state index contributed by atoms with van der Waals surface area (Å²) in [5, 5.41) is 4.24. The monoisotopic (exact) mass is 415 g/mol. The second kappa shape index (κ2) is 8.67. The van der Waals surface area contributed by atoms with Crippen LogP contribution >= 0.6 is 0 Å². The lowest BCUT2D eigenvalue weighted by Crippen LogP contribution is -2.37. The third-order valence-corrected chi connectivity index (χ3v) is 6.68. The number of aromatic nitrogens is 1. The molecule has 1 aliphatic carbocycles. The second-order valence-electron chi connectivity index (χ2n) is 8.49. The summed E-state index contributed by atoms with van der Waals surface area (Å²) in [6.07, 6.45) is 5.34. The van der Waals surface area contributed by atoms with E-state index in [1.54, 1.807) is 7.11 Å². The highest BCUT2D eigenvalue weighted by Crippen LogP contribution is 2.33. The van der Waals surface area contributed by atoms with Crippen LogP contribution in [0.5, 0.6) is 5.75 Å². The molecule has 1 atom stereocenters. The van der Waals surface area contributed by atoms with Crippen LogP contribution in [0.2, 0.25) is 0 Å². The summed E-state index contributed by atoms with van der Waals surface area (Å²) in [7, 11) is 1.71. The minimum Gasteiger partial charge on any atom is -0.496 e. The number of nitrogens with one attached hydrogen (secondary N) is 1. The van der Waals surface area contributed by atoms with Crippen molar-refractivity contribution in [3.05, 3.63) is 70.9 Å². The zero-order chi connectivity index (χ0) is 21.2. The molecule has 160 valence electrons. The fourth-order valence-electron chi connectivity index (χ4n) is 5.18. The van der Waals surface area contributed by atoms with Gasteiger partial charge in [0.2, 0.25) is 0 Å². The Morgan fingerprint density at radius 3 is 2.68 bits per heavy atom. The van der Waals surface area contributed by atoms with Gasteiger partial charge in [-0.05, 0) is 62.9 Å². The first-order valence-corrected chi connectivity index (χ1v) is 11.3. The molecule has 2 aliphatic rings.